The summed E-state index contributed by atoms with van der Waals surface area (Å²) in [6.07, 6.45) is 1.56. The number of azo groups is 1. The van der Waals surface area contributed by atoms with E-state index in [0.29, 0.717) is 16.9 Å². The zero-order valence-corrected chi connectivity index (χ0v) is 13.6. The first-order valence-electron chi connectivity index (χ1n) is 7.67. The lowest BCUT2D eigenvalue weighted by Crippen LogP contribution is -2.19. The van der Waals surface area contributed by atoms with Crippen molar-refractivity contribution in [2.45, 2.75) is 0 Å². The van der Waals surface area contributed by atoms with Crippen LogP contribution in [0.15, 0.2) is 87.9 Å². The fourth-order valence-electron chi connectivity index (χ4n) is 2.11. The monoisotopic (exact) mass is 332 g/mol. The van der Waals surface area contributed by atoms with E-state index in [1.54, 1.807) is 43.6 Å². The minimum Gasteiger partial charge on any atom is -0.322 e. The number of aryl methyl sites for hydroxylation is 1. The summed E-state index contributed by atoms with van der Waals surface area (Å²) in [6, 6.07) is 19.3. The van der Waals surface area contributed by atoms with Gasteiger partial charge in [-0.3, -0.25) is 9.59 Å². The molecule has 3 rings (SSSR count). The van der Waals surface area contributed by atoms with E-state index >= 15 is 0 Å². The van der Waals surface area contributed by atoms with Crippen molar-refractivity contribution in [1.82, 2.24) is 4.57 Å². The maximum atomic E-state index is 12.2. The number of nitrogens with one attached hydrogen (secondary N) is 1. The number of hydrogen-bond donors (Lipinski definition) is 1. The quantitative estimate of drug-likeness (QED) is 0.732. The van der Waals surface area contributed by atoms with Crippen molar-refractivity contribution in [2.75, 3.05) is 5.32 Å². The van der Waals surface area contributed by atoms with Gasteiger partial charge in [-0.25, -0.2) is 0 Å². The fourth-order valence-corrected chi connectivity index (χ4v) is 2.11. The van der Waals surface area contributed by atoms with Crippen molar-refractivity contribution in [2.24, 2.45) is 17.3 Å². The Labute approximate surface area is 144 Å². The Morgan fingerprint density at radius 2 is 1.56 bits per heavy atom. The second-order valence-electron chi connectivity index (χ2n) is 5.40. The number of pyridine rings is 1. The third-order valence-corrected chi connectivity index (χ3v) is 3.53. The zero-order chi connectivity index (χ0) is 17.6. The van der Waals surface area contributed by atoms with E-state index in [-0.39, 0.29) is 11.5 Å². The summed E-state index contributed by atoms with van der Waals surface area (Å²) in [5.74, 6) is -0.337. The van der Waals surface area contributed by atoms with Crippen molar-refractivity contribution in [3.05, 3.63) is 88.8 Å². The number of carbonyl (C=O) groups excluding carboxylic acids is 1. The molecule has 1 amide bonds. The number of aromatic nitrogens is 1. The van der Waals surface area contributed by atoms with Crippen LogP contribution in [0.4, 0.5) is 17.1 Å². The number of amides is 1. The van der Waals surface area contributed by atoms with Crippen LogP contribution in [0.5, 0.6) is 0 Å². The maximum Gasteiger partial charge on any atom is 0.255 e. The summed E-state index contributed by atoms with van der Waals surface area (Å²) in [6.45, 7) is 0. The Bertz CT molecular complexity index is 961. The first kappa shape index (κ1) is 16.3. The molecule has 124 valence electrons. The van der Waals surface area contributed by atoms with Crippen LogP contribution in [0, 0.1) is 0 Å². The molecule has 1 N–H and O–H groups in total. The molecule has 6 heteroatoms. The van der Waals surface area contributed by atoms with E-state index in [2.05, 4.69) is 15.5 Å². The largest absolute Gasteiger partial charge is 0.322 e. The van der Waals surface area contributed by atoms with Crippen LogP contribution in [0.3, 0.4) is 0 Å². The van der Waals surface area contributed by atoms with Crippen LogP contribution < -0.4 is 10.9 Å². The van der Waals surface area contributed by atoms with E-state index in [9.17, 15) is 9.59 Å². The molecule has 0 aliphatic heterocycles. The van der Waals surface area contributed by atoms with Crippen molar-refractivity contribution in [3.8, 4) is 0 Å². The van der Waals surface area contributed by atoms with Crippen molar-refractivity contribution >= 4 is 23.0 Å². The highest BCUT2D eigenvalue weighted by atomic mass is 16.2. The normalized spacial score (nSPS) is 10.8. The summed E-state index contributed by atoms with van der Waals surface area (Å²) < 4.78 is 1.41. The number of benzene rings is 2. The van der Waals surface area contributed by atoms with E-state index in [4.69, 9.17) is 0 Å². The van der Waals surface area contributed by atoms with Crippen LogP contribution in [0.25, 0.3) is 0 Å². The molecule has 0 unspecified atom stereocenters. The first-order chi connectivity index (χ1) is 12.1. The molecule has 0 bridgehead atoms. The van der Waals surface area contributed by atoms with Crippen LogP contribution in [-0.4, -0.2) is 10.5 Å². The van der Waals surface area contributed by atoms with Gasteiger partial charge in [-0.05, 0) is 42.5 Å². The van der Waals surface area contributed by atoms with Crippen molar-refractivity contribution < 1.29 is 4.79 Å². The van der Waals surface area contributed by atoms with Gasteiger partial charge in [0.15, 0.2) is 0 Å². The highest BCUT2D eigenvalue weighted by molar-refractivity contribution is 6.04. The number of carbonyl (C=O) groups is 1. The van der Waals surface area contributed by atoms with Gasteiger partial charge in [0.25, 0.3) is 11.5 Å². The van der Waals surface area contributed by atoms with Gasteiger partial charge in [0.1, 0.15) is 0 Å². The number of hydrogen-bond acceptors (Lipinski definition) is 4. The van der Waals surface area contributed by atoms with Gasteiger partial charge in [0.05, 0.1) is 11.4 Å². The molecule has 1 aromatic heterocycles. The molecular weight excluding hydrogens is 316 g/mol. The van der Waals surface area contributed by atoms with E-state index in [1.165, 1.54) is 10.6 Å². The third-order valence-electron chi connectivity index (χ3n) is 3.53. The average Bonchev–Trinajstić information content (AvgIpc) is 2.64. The second-order valence-corrected chi connectivity index (χ2v) is 5.40. The molecule has 2 aromatic carbocycles. The van der Waals surface area contributed by atoms with Gasteiger partial charge in [-0.2, -0.15) is 10.2 Å². The lowest BCUT2D eigenvalue weighted by atomic mass is 10.2. The molecule has 25 heavy (non-hydrogen) atoms. The molecule has 6 nitrogen and oxygen atoms in total. The standard InChI is InChI=1S/C19H16N4O2/c1-23-12-11-14(13-18(23)24)19(25)20-15-7-9-17(10-8-15)22-21-16-5-3-2-4-6-16/h2-13H,1H3,(H,20,25). The predicted molar refractivity (Wildman–Crippen MR) is 96.7 cm³/mol. The second kappa shape index (κ2) is 7.35. The van der Waals surface area contributed by atoms with Gasteiger partial charge < -0.3 is 9.88 Å². The summed E-state index contributed by atoms with van der Waals surface area (Å²) >= 11 is 0. The molecular formula is C19H16N4O2. The van der Waals surface area contributed by atoms with E-state index in [0.717, 1.165) is 5.69 Å². The minimum absolute atomic E-state index is 0.232. The molecule has 0 saturated heterocycles. The maximum absolute atomic E-state index is 12.2. The van der Waals surface area contributed by atoms with Crippen LogP contribution in [0.2, 0.25) is 0 Å². The molecule has 0 spiro atoms. The molecule has 1 heterocycles. The highest BCUT2D eigenvalue weighted by Gasteiger charge is 2.07. The Morgan fingerprint density at radius 3 is 2.20 bits per heavy atom. The van der Waals surface area contributed by atoms with E-state index < -0.39 is 0 Å². The SMILES string of the molecule is Cn1ccc(C(=O)Nc2ccc(N=Nc3ccccc3)cc2)cc1=O. The first-order valence-corrected chi connectivity index (χ1v) is 7.67. The summed E-state index contributed by atoms with van der Waals surface area (Å²) in [5.41, 5.74) is 2.14. The molecule has 0 fully saturated rings. The van der Waals surface area contributed by atoms with Crippen LogP contribution >= 0.6 is 0 Å². The lowest BCUT2D eigenvalue weighted by molar-refractivity contribution is 0.102. The molecule has 0 saturated carbocycles. The third kappa shape index (κ3) is 4.26. The Balaban J connectivity index is 1.68. The highest BCUT2D eigenvalue weighted by Crippen LogP contribution is 2.20. The number of nitrogens with zero attached hydrogens (tertiary/aromatic N) is 3. The average molecular weight is 332 g/mol. The van der Waals surface area contributed by atoms with Gasteiger partial charge in [0, 0.05) is 30.6 Å². The van der Waals surface area contributed by atoms with Crippen LogP contribution in [-0.2, 0) is 7.05 Å². The molecule has 3 aromatic rings. The van der Waals surface area contributed by atoms with E-state index in [1.807, 2.05) is 30.3 Å². The Hall–Kier alpha value is -3.54. The summed E-state index contributed by atoms with van der Waals surface area (Å²) in [5, 5.41) is 11.0. The number of anilines is 1. The molecule has 0 atom stereocenters. The zero-order valence-electron chi connectivity index (χ0n) is 13.6. The smallest absolute Gasteiger partial charge is 0.255 e. The van der Waals surface area contributed by atoms with Gasteiger partial charge in [0.2, 0.25) is 0 Å². The van der Waals surface area contributed by atoms with Gasteiger partial charge in [-0.1, -0.05) is 18.2 Å². The van der Waals surface area contributed by atoms with Crippen molar-refractivity contribution in [1.29, 1.82) is 0 Å². The molecule has 0 aliphatic rings. The molecule has 0 aliphatic carbocycles. The Kier molecular flexibility index (Phi) is 4.80. The van der Waals surface area contributed by atoms with Gasteiger partial charge >= 0.3 is 0 Å². The topological polar surface area (TPSA) is 75.8 Å². The van der Waals surface area contributed by atoms with Crippen molar-refractivity contribution in [3.63, 3.8) is 0 Å². The molecule has 0 radical (unpaired) electrons. The summed E-state index contributed by atoms with van der Waals surface area (Å²) in [7, 11) is 1.63. The van der Waals surface area contributed by atoms with Crippen LogP contribution in [0.1, 0.15) is 10.4 Å². The predicted octanol–water partition coefficient (Wildman–Crippen LogP) is 4.05. The minimum atomic E-state index is -0.337. The lowest BCUT2D eigenvalue weighted by Gasteiger charge is -2.06. The van der Waals surface area contributed by atoms with Gasteiger partial charge in [-0.15, -0.1) is 0 Å². The fraction of sp³-hybridized carbons (Fsp3) is 0.0526. The Morgan fingerprint density at radius 1 is 0.920 bits per heavy atom. The summed E-state index contributed by atoms with van der Waals surface area (Å²) in [4.78, 5) is 23.8. The number of rotatable bonds is 4.